The summed E-state index contributed by atoms with van der Waals surface area (Å²) in [6.07, 6.45) is 1.30. The van der Waals surface area contributed by atoms with Crippen molar-refractivity contribution >= 4 is 22.6 Å². The van der Waals surface area contributed by atoms with Gasteiger partial charge in [-0.25, -0.2) is 4.79 Å². The first-order valence-electron chi connectivity index (χ1n) is 2.38. The minimum atomic E-state index is -0.465. The van der Waals surface area contributed by atoms with Crippen LogP contribution in [0.3, 0.4) is 0 Å². The van der Waals surface area contributed by atoms with Crippen LogP contribution in [0, 0.1) is 0 Å². The molecule has 0 radical (unpaired) electrons. The van der Waals surface area contributed by atoms with Gasteiger partial charge in [0.15, 0.2) is 0 Å². The number of nitrogens with one attached hydrogen (secondary N) is 1. The number of thiol groups is 1. The van der Waals surface area contributed by atoms with Gasteiger partial charge in [-0.1, -0.05) is 11.7 Å². The van der Waals surface area contributed by atoms with E-state index in [1.165, 1.54) is 12.3 Å². The largest absolute Gasteiger partial charge is 0.339 e. The fraction of sp³-hybridized carbons (Fsp3) is 0. The number of nitrogens with zero attached hydrogens (tertiary/aromatic N) is 1. The fourth-order valence-electron chi connectivity index (χ4n) is 0.488. The highest BCUT2D eigenvalue weighted by Crippen LogP contribution is 2.00. The van der Waals surface area contributed by atoms with Crippen molar-refractivity contribution in [1.82, 2.24) is 8.96 Å². The summed E-state index contributed by atoms with van der Waals surface area (Å²) in [5, 5.41) is 0. The van der Waals surface area contributed by atoms with E-state index in [0.717, 1.165) is 15.0 Å². The molecule has 1 heterocycles. The third-order valence-corrected chi connectivity index (χ3v) is 1.90. The van der Waals surface area contributed by atoms with Crippen LogP contribution in [0.1, 0.15) is 0 Å². The average molecular weight is 176 g/mol. The molecule has 0 spiro atoms. The Balaban J connectivity index is 3.46. The van der Waals surface area contributed by atoms with Gasteiger partial charge in [-0.05, 0) is 0 Å². The molecule has 1 aromatic rings. The van der Waals surface area contributed by atoms with Crippen LogP contribution in [0.5, 0.6) is 0 Å². The molecule has 1 N–H and O–H groups in total. The highest BCUT2D eigenvalue weighted by molar-refractivity contribution is 8.67. The van der Waals surface area contributed by atoms with Gasteiger partial charge in [-0.2, -0.15) is 3.97 Å². The van der Waals surface area contributed by atoms with Crippen LogP contribution in [0.25, 0.3) is 0 Å². The number of H-pyrrole nitrogens is 1. The molecule has 0 aliphatic heterocycles. The number of rotatable bonds is 1. The van der Waals surface area contributed by atoms with E-state index in [0.29, 0.717) is 0 Å². The maximum Gasteiger partial charge on any atom is 0.339 e. The van der Waals surface area contributed by atoms with Gasteiger partial charge in [0.05, 0.1) is 0 Å². The Morgan fingerprint density at radius 1 is 1.60 bits per heavy atom. The smallest absolute Gasteiger partial charge is 0.313 e. The number of aromatic amines is 1. The third-order valence-electron chi connectivity index (χ3n) is 0.899. The lowest BCUT2D eigenvalue weighted by Gasteiger charge is -1.92. The molecule has 10 heavy (non-hydrogen) atoms. The summed E-state index contributed by atoms with van der Waals surface area (Å²) in [6, 6.07) is 1.25. The van der Waals surface area contributed by atoms with Gasteiger partial charge in [0.1, 0.15) is 0 Å². The Kier molecular flexibility index (Phi) is 2.23. The van der Waals surface area contributed by atoms with Crippen LogP contribution in [0.2, 0.25) is 0 Å². The van der Waals surface area contributed by atoms with Gasteiger partial charge in [-0.15, -0.1) is 0 Å². The first-order chi connectivity index (χ1) is 4.75. The first-order valence-corrected chi connectivity index (χ1v) is 4.21. The summed E-state index contributed by atoms with van der Waals surface area (Å²) in [7, 11) is 0.777. The van der Waals surface area contributed by atoms with Crippen molar-refractivity contribution in [3.05, 3.63) is 33.1 Å². The molecule has 0 atom stereocenters. The lowest BCUT2D eigenvalue weighted by atomic mass is 10.7. The maximum absolute atomic E-state index is 10.7. The number of hydrogen-bond acceptors (Lipinski definition) is 4. The van der Waals surface area contributed by atoms with E-state index in [4.69, 9.17) is 0 Å². The van der Waals surface area contributed by atoms with Gasteiger partial charge >= 0.3 is 5.69 Å². The predicted octanol–water partition coefficient (Wildman–Crippen LogP) is -0.122. The normalized spacial score (nSPS) is 9.70. The summed E-state index contributed by atoms with van der Waals surface area (Å²) in [5.41, 5.74) is -0.837. The number of hydrogen-bond donors (Lipinski definition) is 2. The topological polar surface area (TPSA) is 54.9 Å². The van der Waals surface area contributed by atoms with Gasteiger partial charge in [0.25, 0.3) is 5.56 Å². The maximum atomic E-state index is 10.7. The second kappa shape index (κ2) is 2.98. The van der Waals surface area contributed by atoms with E-state index in [9.17, 15) is 9.59 Å². The molecule has 0 aromatic carbocycles. The first kappa shape index (κ1) is 7.49. The second-order valence-corrected chi connectivity index (χ2v) is 2.52. The van der Waals surface area contributed by atoms with Crippen LogP contribution in [0.15, 0.2) is 21.9 Å². The lowest BCUT2D eigenvalue weighted by molar-refractivity contribution is 0.985. The van der Waals surface area contributed by atoms with Crippen molar-refractivity contribution in [3.63, 3.8) is 0 Å². The Morgan fingerprint density at radius 3 is 2.70 bits per heavy atom. The summed E-state index contributed by atoms with van der Waals surface area (Å²) in [5.74, 6) is 0. The van der Waals surface area contributed by atoms with Crippen molar-refractivity contribution in [1.29, 1.82) is 0 Å². The van der Waals surface area contributed by atoms with E-state index in [1.807, 2.05) is 0 Å². The molecule has 0 bridgehead atoms. The fourth-order valence-corrected chi connectivity index (χ4v) is 1.22. The van der Waals surface area contributed by atoms with Gasteiger partial charge in [0.2, 0.25) is 0 Å². The average Bonchev–Trinajstić information content (AvgIpc) is 1.88. The third kappa shape index (κ3) is 1.27. The highest BCUT2D eigenvalue weighted by Gasteiger charge is 1.95. The molecule has 0 amide bonds. The molecular formula is C4H4N2O2S2. The molecule has 54 valence electrons. The molecule has 1 rings (SSSR count). The molecule has 0 aliphatic rings. The van der Waals surface area contributed by atoms with E-state index in [-0.39, 0.29) is 5.56 Å². The standard InChI is InChI=1S/C4H4N2O2S2/c7-3-1-2-5-4(8)6(3)10-9/h1-2,9H,(H,5,8). The zero-order valence-corrected chi connectivity index (χ0v) is 6.48. The molecule has 1 aromatic heterocycles. The quantitative estimate of drug-likeness (QED) is 0.463. The van der Waals surface area contributed by atoms with Crippen LogP contribution < -0.4 is 11.2 Å². The van der Waals surface area contributed by atoms with Gasteiger partial charge in [-0.3, -0.25) is 4.79 Å². The molecule has 0 unspecified atom stereocenters. The molecule has 6 heteroatoms. The second-order valence-electron chi connectivity index (χ2n) is 1.50. The minimum Gasteiger partial charge on any atom is -0.313 e. The number of aromatic nitrogens is 2. The summed E-state index contributed by atoms with van der Waals surface area (Å²) < 4.78 is 0.906. The molecular weight excluding hydrogens is 172 g/mol. The van der Waals surface area contributed by atoms with Crippen LogP contribution in [-0.4, -0.2) is 8.96 Å². The molecule has 0 aliphatic carbocycles. The lowest BCUT2D eigenvalue weighted by Crippen LogP contribution is -2.28. The highest BCUT2D eigenvalue weighted by atomic mass is 33.1. The molecule has 0 saturated carbocycles. The molecule has 0 fully saturated rings. The SMILES string of the molecule is O=c1cc[nH]c(=O)n1SS. The summed E-state index contributed by atoms with van der Waals surface area (Å²) in [4.78, 5) is 23.8. The summed E-state index contributed by atoms with van der Waals surface area (Å²) >= 11 is 3.71. The van der Waals surface area contributed by atoms with E-state index in [2.05, 4.69) is 16.6 Å². The van der Waals surface area contributed by atoms with Crippen molar-refractivity contribution < 1.29 is 0 Å². The van der Waals surface area contributed by atoms with E-state index < -0.39 is 5.69 Å². The van der Waals surface area contributed by atoms with Crippen molar-refractivity contribution in [2.45, 2.75) is 0 Å². The van der Waals surface area contributed by atoms with Crippen molar-refractivity contribution in [3.8, 4) is 0 Å². The molecule has 0 saturated heterocycles. The summed E-state index contributed by atoms with van der Waals surface area (Å²) in [6.45, 7) is 0. The molecule has 4 nitrogen and oxygen atoms in total. The van der Waals surface area contributed by atoms with Gasteiger partial charge in [0, 0.05) is 23.2 Å². The minimum absolute atomic E-state index is 0.372. The van der Waals surface area contributed by atoms with E-state index >= 15 is 0 Å². The van der Waals surface area contributed by atoms with Crippen molar-refractivity contribution in [2.75, 3.05) is 0 Å². The van der Waals surface area contributed by atoms with Crippen molar-refractivity contribution in [2.24, 2.45) is 0 Å². The Bertz CT molecular complexity index is 300. The Labute approximate surface area is 65.2 Å². The van der Waals surface area contributed by atoms with E-state index in [1.54, 1.807) is 0 Å². The Hall–Kier alpha value is -0.620. The zero-order valence-electron chi connectivity index (χ0n) is 4.77. The monoisotopic (exact) mass is 176 g/mol. The zero-order chi connectivity index (χ0) is 7.56. The van der Waals surface area contributed by atoms with Crippen LogP contribution >= 0.6 is 22.6 Å². The van der Waals surface area contributed by atoms with Gasteiger partial charge < -0.3 is 4.98 Å². The van der Waals surface area contributed by atoms with Crippen LogP contribution in [-0.2, 0) is 0 Å². The predicted molar refractivity (Wildman–Crippen MR) is 43.3 cm³/mol. The Morgan fingerprint density at radius 2 is 2.30 bits per heavy atom. The van der Waals surface area contributed by atoms with Crippen LogP contribution in [0.4, 0.5) is 0 Å².